The first-order valence-corrected chi connectivity index (χ1v) is 8.30. The summed E-state index contributed by atoms with van der Waals surface area (Å²) in [5.41, 5.74) is 0.159. The van der Waals surface area contributed by atoms with Gasteiger partial charge in [-0.1, -0.05) is 20.8 Å². The number of hydrogen-bond acceptors (Lipinski definition) is 3. The van der Waals surface area contributed by atoms with E-state index in [1.807, 2.05) is 11.8 Å². The van der Waals surface area contributed by atoms with E-state index in [1.54, 1.807) is 0 Å². The number of ether oxygens (including phenoxy) is 1. The van der Waals surface area contributed by atoms with E-state index in [2.05, 4.69) is 20.8 Å². The van der Waals surface area contributed by atoms with Crippen LogP contribution < -0.4 is 0 Å². The van der Waals surface area contributed by atoms with E-state index in [0.29, 0.717) is 12.2 Å². The molecule has 2 saturated heterocycles. The van der Waals surface area contributed by atoms with Crippen LogP contribution in [0.5, 0.6) is 0 Å². The van der Waals surface area contributed by atoms with E-state index in [0.717, 1.165) is 32.3 Å². The average molecular weight is 270 g/mol. The highest BCUT2D eigenvalue weighted by Gasteiger charge is 2.41. The standard InChI is InChI=1S/C15H26O2S/c1-14(2,3)11-13(16)12-4-7-17-15(10-12)5-8-18-9-6-15/h12H,4-11H2,1-3H3. The first-order valence-electron chi connectivity index (χ1n) is 7.15. The molecule has 3 heteroatoms. The van der Waals surface area contributed by atoms with Crippen molar-refractivity contribution in [3.8, 4) is 0 Å². The summed E-state index contributed by atoms with van der Waals surface area (Å²) in [6, 6.07) is 0. The Labute approximate surface area is 115 Å². The molecule has 1 atom stereocenters. The van der Waals surface area contributed by atoms with Crippen LogP contribution in [-0.4, -0.2) is 29.5 Å². The molecule has 0 aromatic heterocycles. The van der Waals surface area contributed by atoms with Crippen molar-refractivity contribution in [3.63, 3.8) is 0 Å². The highest BCUT2D eigenvalue weighted by atomic mass is 32.2. The fraction of sp³-hybridized carbons (Fsp3) is 0.933. The molecular weight excluding hydrogens is 244 g/mol. The smallest absolute Gasteiger partial charge is 0.136 e. The van der Waals surface area contributed by atoms with E-state index in [4.69, 9.17) is 4.74 Å². The van der Waals surface area contributed by atoms with Gasteiger partial charge in [0.25, 0.3) is 0 Å². The number of Topliss-reactive ketones (excluding diaryl/α,β-unsaturated/α-hetero) is 1. The number of rotatable bonds is 2. The van der Waals surface area contributed by atoms with Crippen molar-refractivity contribution in [3.05, 3.63) is 0 Å². The van der Waals surface area contributed by atoms with Crippen molar-refractivity contribution in [1.29, 1.82) is 0 Å². The van der Waals surface area contributed by atoms with Crippen LogP contribution in [0, 0.1) is 11.3 Å². The second-order valence-corrected chi connectivity index (χ2v) is 8.26. The maximum atomic E-state index is 12.4. The van der Waals surface area contributed by atoms with Crippen LogP contribution in [0.25, 0.3) is 0 Å². The Balaban J connectivity index is 1.95. The van der Waals surface area contributed by atoms with Crippen LogP contribution in [0.15, 0.2) is 0 Å². The molecule has 2 aliphatic rings. The summed E-state index contributed by atoms with van der Waals surface area (Å²) < 4.78 is 6.05. The Morgan fingerprint density at radius 1 is 1.33 bits per heavy atom. The zero-order chi connectivity index (χ0) is 13.2. The average Bonchev–Trinajstić information content (AvgIpc) is 2.28. The molecule has 104 valence electrons. The lowest BCUT2D eigenvalue weighted by molar-refractivity contribution is -0.140. The van der Waals surface area contributed by atoms with E-state index in [1.165, 1.54) is 11.5 Å². The molecule has 2 heterocycles. The summed E-state index contributed by atoms with van der Waals surface area (Å²) in [4.78, 5) is 12.4. The fourth-order valence-corrected chi connectivity index (χ4v) is 4.30. The fourth-order valence-electron chi connectivity index (χ4n) is 3.06. The van der Waals surface area contributed by atoms with Crippen molar-refractivity contribution in [2.45, 2.75) is 58.5 Å². The van der Waals surface area contributed by atoms with Crippen LogP contribution in [0.1, 0.15) is 52.9 Å². The Morgan fingerprint density at radius 2 is 2.00 bits per heavy atom. The summed E-state index contributed by atoms with van der Waals surface area (Å²) in [7, 11) is 0. The summed E-state index contributed by atoms with van der Waals surface area (Å²) in [6.45, 7) is 7.23. The topological polar surface area (TPSA) is 26.3 Å². The van der Waals surface area contributed by atoms with Gasteiger partial charge in [-0.15, -0.1) is 0 Å². The zero-order valence-corrected chi connectivity index (χ0v) is 12.8. The van der Waals surface area contributed by atoms with Crippen molar-refractivity contribution in [1.82, 2.24) is 0 Å². The van der Waals surface area contributed by atoms with Crippen molar-refractivity contribution in [2.24, 2.45) is 11.3 Å². The zero-order valence-electron chi connectivity index (χ0n) is 12.0. The maximum absolute atomic E-state index is 12.4. The lowest BCUT2D eigenvalue weighted by Gasteiger charge is -2.43. The van der Waals surface area contributed by atoms with E-state index in [9.17, 15) is 4.79 Å². The van der Waals surface area contributed by atoms with Gasteiger partial charge in [0.2, 0.25) is 0 Å². The molecule has 2 aliphatic heterocycles. The highest BCUT2D eigenvalue weighted by Crippen LogP contribution is 2.40. The minimum atomic E-state index is 0.0434. The molecule has 0 bridgehead atoms. The second-order valence-electron chi connectivity index (χ2n) is 7.04. The summed E-state index contributed by atoms with van der Waals surface area (Å²) >= 11 is 2.02. The minimum absolute atomic E-state index is 0.0434. The third-order valence-corrected chi connectivity index (χ3v) is 5.04. The normalized spacial score (nSPS) is 28.3. The lowest BCUT2D eigenvalue weighted by Crippen LogP contribution is -2.44. The molecule has 0 aromatic rings. The van der Waals surface area contributed by atoms with Gasteiger partial charge in [0.05, 0.1) is 5.60 Å². The van der Waals surface area contributed by atoms with Gasteiger partial charge in [0.15, 0.2) is 0 Å². The van der Waals surface area contributed by atoms with Gasteiger partial charge in [-0.25, -0.2) is 0 Å². The molecule has 1 unspecified atom stereocenters. The summed E-state index contributed by atoms with van der Waals surface area (Å²) in [5.74, 6) is 3.10. The van der Waals surface area contributed by atoms with Gasteiger partial charge in [0.1, 0.15) is 5.78 Å². The largest absolute Gasteiger partial charge is 0.375 e. The molecule has 2 fully saturated rings. The molecule has 1 spiro atoms. The predicted octanol–water partition coefficient (Wildman–Crippen LogP) is 3.68. The molecule has 0 saturated carbocycles. The number of thioether (sulfide) groups is 1. The molecule has 0 amide bonds. The van der Waals surface area contributed by atoms with E-state index >= 15 is 0 Å². The Morgan fingerprint density at radius 3 is 2.61 bits per heavy atom. The van der Waals surface area contributed by atoms with Crippen LogP contribution in [0.3, 0.4) is 0 Å². The molecule has 2 rings (SSSR count). The molecule has 0 radical (unpaired) electrons. The lowest BCUT2D eigenvalue weighted by atomic mass is 9.76. The molecule has 0 aromatic carbocycles. The van der Waals surface area contributed by atoms with Gasteiger partial charge < -0.3 is 4.74 Å². The van der Waals surface area contributed by atoms with Crippen LogP contribution in [0.2, 0.25) is 0 Å². The van der Waals surface area contributed by atoms with Crippen molar-refractivity contribution in [2.75, 3.05) is 18.1 Å². The molecular formula is C15H26O2S. The number of hydrogen-bond donors (Lipinski definition) is 0. The second kappa shape index (κ2) is 5.54. The van der Waals surface area contributed by atoms with Crippen LogP contribution >= 0.6 is 11.8 Å². The molecule has 0 aliphatic carbocycles. The van der Waals surface area contributed by atoms with Crippen molar-refractivity contribution < 1.29 is 9.53 Å². The quantitative estimate of drug-likeness (QED) is 0.765. The van der Waals surface area contributed by atoms with Crippen molar-refractivity contribution >= 4 is 17.5 Å². The minimum Gasteiger partial charge on any atom is -0.375 e. The van der Waals surface area contributed by atoms with Crippen LogP contribution in [-0.2, 0) is 9.53 Å². The Kier molecular flexibility index (Phi) is 4.43. The predicted molar refractivity (Wildman–Crippen MR) is 77.0 cm³/mol. The molecule has 18 heavy (non-hydrogen) atoms. The first-order chi connectivity index (χ1) is 8.40. The van der Waals surface area contributed by atoms with Gasteiger partial charge in [-0.05, 0) is 42.6 Å². The van der Waals surface area contributed by atoms with Gasteiger partial charge in [-0.3, -0.25) is 4.79 Å². The monoisotopic (exact) mass is 270 g/mol. The number of carbonyl (C=O) groups is 1. The SMILES string of the molecule is CC(C)(C)CC(=O)C1CCOC2(CCSCC2)C1. The number of carbonyl (C=O) groups excluding carboxylic acids is 1. The van der Waals surface area contributed by atoms with Gasteiger partial charge in [0, 0.05) is 18.9 Å². The Hall–Kier alpha value is -0.0200. The molecule has 0 N–H and O–H groups in total. The highest BCUT2D eigenvalue weighted by molar-refractivity contribution is 7.99. The van der Waals surface area contributed by atoms with Crippen LogP contribution in [0.4, 0.5) is 0 Å². The first kappa shape index (κ1) is 14.4. The summed E-state index contributed by atoms with van der Waals surface area (Å²) in [5, 5.41) is 0. The number of ketones is 1. The third-order valence-electron chi connectivity index (χ3n) is 4.06. The Bertz CT molecular complexity index is 295. The third kappa shape index (κ3) is 3.74. The van der Waals surface area contributed by atoms with Gasteiger partial charge in [-0.2, -0.15) is 11.8 Å². The van der Waals surface area contributed by atoms with Gasteiger partial charge >= 0.3 is 0 Å². The van der Waals surface area contributed by atoms with E-state index in [-0.39, 0.29) is 16.9 Å². The van der Waals surface area contributed by atoms with E-state index < -0.39 is 0 Å². The maximum Gasteiger partial charge on any atom is 0.136 e. The summed E-state index contributed by atoms with van der Waals surface area (Å²) in [6.07, 6.45) is 4.89. The molecule has 2 nitrogen and oxygen atoms in total.